The maximum Gasteiger partial charge on any atom is 0.239 e. The van der Waals surface area contributed by atoms with Crippen LogP contribution in [0, 0.1) is 0 Å². The summed E-state index contributed by atoms with van der Waals surface area (Å²) in [5.41, 5.74) is 0. The molecule has 2 fully saturated rings. The number of rotatable bonds is 4. The molecule has 0 aromatic rings. The second-order valence-electron chi connectivity index (χ2n) is 5.59. The maximum atomic E-state index is 12.3. The van der Waals surface area contributed by atoms with Gasteiger partial charge < -0.3 is 10.2 Å². The van der Waals surface area contributed by atoms with E-state index in [0.29, 0.717) is 17.2 Å². The normalized spacial score (nSPS) is 30.4. The van der Waals surface area contributed by atoms with Crippen LogP contribution in [0.5, 0.6) is 0 Å². The molecule has 0 aromatic heterocycles. The summed E-state index contributed by atoms with van der Waals surface area (Å²) in [6.45, 7) is 3.95. The largest absolute Gasteiger partial charge is 0.341 e. The summed E-state index contributed by atoms with van der Waals surface area (Å²) in [5.74, 6) is 0.304. The van der Waals surface area contributed by atoms with Crippen molar-refractivity contribution < 1.29 is 4.79 Å². The van der Waals surface area contributed by atoms with Gasteiger partial charge in [0.15, 0.2) is 0 Å². The standard InChI is InChI=1S/C14H26N2OS/c1-11(14(17)16-9-5-6-10-16)15-12-7-3-4-8-13(12)18-2/h11-13,15H,3-10H2,1-2H3. The van der Waals surface area contributed by atoms with Crippen LogP contribution in [0.1, 0.15) is 45.4 Å². The van der Waals surface area contributed by atoms with Crippen LogP contribution in [0.4, 0.5) is 0 Å². The van der Waals surface area contributed by atoms with E-state index in [2.05, 4.69) is 11.6 Å². The molecule has 2 rings (SSSR count). The molecule has 4 heteroatoms. The van der Waals surface area contributed by atoms with Gasteiger partial charge in [-0.3, -0.25) is 4.79 Å². The molecule has 0 spiro atoms. The maximum absolute atomic E-state index is 12.3. The van der Waals surface area contributed by atoms with Gasteiger partial charge in [0.25, 0.3) is 0 Å². The van der Waals surface area contributed by atoms with E-state index in [1.807, 2.05) is 23.6 Å². The molecule has 1 amide bonds. The molecule has 1 saturated carbocycles. The average Bonchev–Trinajstić information content (AvgIpc) is 2.92. The fourth-order valence-electron chi connectivity index (χ4n) is 3.17. The number of thioether (sulfide) groups is 1. The lowest BCUT2D eigenvalue weighted by atomic mass is 9.94. The molecule has 0 radical (unpaired) electrons. The van der Waals surface area contributed by atoms with Crippen LogP contribution < -0.4 is 5.32 Å². The van der Waals surface area contributed by atoms with Crippen molar-refractivity contribution in [2.45, 2.75) is 62.8 Å². The van der Waals surface area contributed by atoms with Gasteiger partial charge in [0, 0.05) is 24.4 Å². The Balaban J connectivity index is 1.84. The highest BCUT2D eigenvalue weighted by Crippen LogP contribution is 2.27. The lowest BCUT2D eigenvalue weighted by Crippen LogP contribution is -2.51. The zero-order chi connectivity index (χ0) is 13.0. The Bertz CT molecular complexity index is 279. The SMILES string of the molecule is CSC1CCCCC1NC(C)C(=O)N1CCCC1. The van der Waals surface area contributed by atoms with Crippen molar-refractivity contribution in [3.05, 3.63) is 0 Å². The van der Waals surface area contributed by atoms with Gasteiger partial charge in [-0.1, -0.05) is 12.8 Å². The van der Waals surface area contributed by atoms with Crippen molar-refractivity contribution in [2.75, 3.05) is 19.3 Å². The number of hydrogen-bond acceptors (Lipinski definition) is 3. The van der Waals surface area contributed by atoms with E-state index in [4.69, 9.17) is 0 Å². The monoisotopic (exact) mass is 270 g/mol. The van der Waals surface area contributed by atoms with Crippen LogP contribution in [-0.4, -0.2) is 47.5 Å². The second kappa shape index (κ2) is 6.80. The predicted molar refractivity (Wildman–Crippen MR) is 78.0 cm³/mol. The number of hydrogen-bond donors (Lipinski definition) is 1. The molecular formula is C14H26N2OS. The van der Waals surface area contributed by atoms with Crippen LogP contribution in [0.3, 0.4) is 0 Å². The third kappa shape index (κ3) is 3.41. The minimum Gasteiger partial charge on any atom is -0.341 e. The molecule has 104 valence electrons. The smallest absolute Gasteiger partial charge is 0.239 e. The number of carbonyl (C=O) groups is 1. The Kier molecular flexibility index (Phi) is 5.37. The number of nitrogens with zero attached hydrogens (tertiary/aromatic N) is 1. The summed E-state index contributed by atoms with van der Waals surface area (Å²) in [6.07, 6.45) is 9.71. The molecule has 1 heterocycles. The van der Waals surface area contributed by atoms with Gasteiger partial charge in [-0.15, -0.1) is 0 Å². The fraction of sp³-hybridized carbons (Fsp3) is 0.929. The lowest BCUT2D eigenvalue weighted by Gasteiger charge is -2.34. The first kappa shape index (κ1) is 14.2. The van der Waals surface area contributed by atoms with Crippen molar-refractivity contribution in [2.24, 2.45) is 0 Å². The fourth-order valence-corrected chi connectivity index (χ4v) is 4.12. The minimum atomic E-state index is -0.0131. The summed E-state index contributed by atoms with van der Waals surface area (Å²) < 4.78 is 0. The average molecular weight is 270 g/mol. The Labute approximate surface area is 115 Å². The van der Waals surface area contributed by atoms with Crippen LogP contribution in [0.15, 0.2) is 0 Å². The molecule has 0 bridgehead atoms. The van der Waals surface area contributed by atoms with E-state index in [1.54, 1.807) is 0 Å². The number of amides is 1. The van der Waals surface area contributed by atoms with Gasteiger partial charge in [-0.25, -0.2) is 0 Å². The van der Waals surface area contributed by atoms with E-state index in [-0.39, 0.29) is 6.04 Å². The Morgan fingerprint density at radius 1 is 1.22 bits per heavy atom. The molecule has 1 N–H and O–H groups in total. The van der Waals surface area contributed by atoms with Gasteiger partial charge in [0.1, 0.15) is 0 Å². The van der Waals surface area contributed by atoms with E-state index in [0.717, 1.165) is 13.1 Å². The lowest BCUT2D eigenvalue weighted by molar-refractivity contribution is -0.132. The molecule has 3 atom stereocenters. The van der Waals surface area contributed by atoms with Crippen molar-refractivity contribution in [1.29, 1.82) is 0 Å². The van der Waals surface area contributed by atoms with Crippen molar-refractivity contribution in [3.63, 3.8) is 0 Å². The number of nitrogens with one attached hydrogen (secondary N) is 1. The molecule has 0 aromatic carbocycles. The highest BCUT2D eigenvalue weighted by Gasteiger charge is 2.29. The molecule has 3 unspecified atom stereocenters. The minimum absolute atomic E-state index is 0.0131. The van der Waals surface area contributed by atoms with Gasteiger partial charge in [-0.05, 0) is 38.9 Å². The quantitative estimate of drug-likeness (QED) is 0.850. The topological polar surface area (TPSA) is 32.3 Å². The summed E-state index contributed by atoms with van der Waals surface area (Å²) in [4.78, 5) is 14.3. The third-order valence-electron chi connectivity index (χ3n) is 4.26. The van der Waals surface area contributed by atoms with Crippen molar-refractivity contribution >= 4 is 17.7 Å². The van der Waals surface area contributed by atoms with Crippen molar-refractivity contribution in [1.82, 2.24) is 10.2 Å². The number of carbonyl (C=O) groups excluding carboxylic acids is 1. The summed E-state index contributed by atoms with van der Waals surface area (Å²) in [7, 11) is 0. The molecular weight excluding hydrogens is 244 g/mol. The molecule has 2 aliphatic rings. The summed E-state index contributed by atoms with van der Waals surface area (Å²) in [6, 6.07) is 0.510. The summed E-state index contributed by atoms with van der Waals surface area (Å²) >= 11 is 1.95. The summed E-state index contributed by atoms with van der Waals surface area (Å²) in [5, 5.41) is 4.27. The van der Waals surface area contributed by atoms with Crippen LogP contribution in [-0.2, 0) is 4.79 Å². The molecule has 1 aliphatic carbocycles. The van der Waals surface area contributed by atoms with E-state index in [9.17, 15) is 4.79 Å². The first-order valence-electron chi connectivity index (χ1n) is 7.30. The molecule has 3 nitrogen and oxygen atoms in total. The van der Waals surface area contributed by atoms with Crippen LogP contribution >= 0.6 is 11.8 Å². The Hall–Kier alpha value is -0.220. The Morgan fingerprint density at radius 2 is 1.89 bits per heavy atom. The Morgan fingerprint density at radius 3 is 2.56 bits per heavy atom. The predicted octanol–water partition coefficient (Wildman–Crippen LogP) is 2.26. The van der Waals surface area contributed by atoms with Gasteiger partial charge >= 0.3 is 0 Å². The highest BCUT2D eigenvalue weighted by atomic mass is 32.2. The van der Waals surface area contributed by atoms with Gasteiger partial charge in [-0.2, -0.15) is 11.8 Å². The zero-order valence-corrected chi connectivity index (χ0v) is 12.5. The van der Waals surface area contributed by atoms with Crippen LogP contribution in [0.2, 0.25) is 0 Å². The zero-order valence-electron chi connectivity index (χ0n) is 11.7. The van der Waals surface area contributed by atoms with Crippen LogP contribution in [0.25, 0.3) is 0 Å². The molecule has 1 aliphatic heterocycles. The second-order valence-corrected chi connectivity index (χ2v) is 6.66. The molecule has 18 heavy (non-hydrogen) atoms. The first-order chi connectivity index (χ1) is 8.72. The third-order valence-corrected chi connectivity index (χ3v) is 5.43. The van der Waals surface area contributed by atoms with Gasteiger partial charge in [0.2, 0.25) is 5.91 Å². The van der Waals surface area contributed by atoms with E-state index >= 15 is 0 Å². The van der Waals surface area contributed by atoms with E-state index < -0.39 is 0 Å². The first-order valence-corrected chi connectivity index (χ1v) is 8.59. The molecule has 1 saturated heterocycles. The van der Waals surface area contributed by atoms with Crippen molar-refractivity contribution in [3.8, 4) is 0 Å². The highest BCUT2D eigenvalue weighted by molar-refractivity contribution is 7.99. The number of likely N-dealkylation sites (tertiary alicyclic amines) is 1. The van der Waals surface area contributed by atoms with Gasteiger partial charge in [0.05, 0.1) is 6.04 Å². The van der Waals surface area contributed by atoms with E-state index in [1.165, 1.54) is 38.5 Å².